The first-order valence-electron chi connectivity index (χ1n) is 11.9. The summed E-state index contributed by atoms with van der Waals surface area (Å²) in [7, 11) is 0. The van der Waals surface area contributed by atoms with Gasteiger partial charge in [-0.2, -0.15) is 13.2 Å². The molecule has 1 saturated heterocycles. The van der Waals surface area contributed by atoms with Crippen molar-refractivity contribution in [1.82, 2.24) is 4.90 Å². The molecule has 1 unspecified atom stereocenters. The van der Waals surface area contributed by atoms with Crippen LogP contribution in [0, 0.1) is 5.92 Å². The van der Waals surface area contributed by atoms with Crippen molar-refractivity contribution in [1.29, 1.82) is 0 Å². The van der Waals surface area contributed by atoms with Crippen molar-refractivity contribution in [3.05, 3.63) is 88.3 Å². The Morgan fingerprint density at radius 3 is 2.46 bits per heavy atom. The predicted octanol–water partition coefficient (Wildman–Crippen LogP) is 6.94. The summed E-state index contributed by atoms with van der Waals surface area (Å²) in [5.74, 6) is 0.859. The minimum Gasteiger partial charge on any atom is -0.508 e. The molecule has 9 heteroatoms. The third kappa shape index (κ3) is 5.44. The average molecular weight is 532 g/mol. The molecule has 3 aromatic carbocycles. The fourth-order valence-corrected chi connectivity index (χ4v) is 5.76. The van der Waals surface area contributed by atoms with E-state index in [9.17, 15) is 27.8 Å². The van der Waals surface area contributed by atoms with Crippen molar-refractivity contribution in [3.8, 4) is 17.2 Å². The molecule has 1 fully saturated rings. The molecule has 2 N–H and O–H groups in total. The topological polar surface area (TPSA) is 52.9 Å². The molecule has 1 aromatic heterocycles. The number of ether oxygens (including phenoxy) is 1. The maximum atomic E-state index is 13.7. The summed E-state index contributed by atoms with van der Waals surface area (Å²) in [4.78, 5) is 2.41. The molecule has 5 rings (SSSR count). The molecule has 194 valence electrons. The number of nitrogens with zero attached hydrogens (tertiary/aromatic N) is 1. The number of aliphatic hydroxyl groups excluding tert-OH is 1. The molecular weight excluding hydrogens is 506 g/mol. The molecule has 0 aliphatic carbocycles. The number of likely N-dealkylation sites (tertiary alicyclic amines) is 1. The largest absolute Gasteiger partial charge is 0.508 e. The van der Waals surface area contributed by atoms with Crippen molar-refractivity contribution in [2.24, 2.45) is 5.92 Å². The number of rotatable bonds is 8. The SMILES string of the molecule is Oc1ccc2c(Oc3ccc(CCN4CC(CF)C4)cc3)c(C(O)c3ccccc3C(F)(F)F)sc2c1. The van der Waals surface area contributed by atoms with Gasteiger partial charge in [-0.05, 0) is 53.9 Å². The van der Waals surface area contributed by atoms with Gasteiger partial charge in [0.1, 0.15) is 17.6 Å². The first-order valence-corrected chi connectivity index (χ1v) is 12.7. The van der Waals surface area contributed by atoms with E-state index in [2.05, 4.69) is 4.90 Å². The molecule has 1 atom stereocenters. The lowest BCUT2D eigenvalue weighted by Crippen LogP contribution is -2.48. The second-order valence-electron chi connectivity index (χ2n) is 9.24. The fourth-order valence-electron chi connectivity index (χ4n) is 4.59. The predicted molar refractivity (Wildman–Crippen MR) is 135 cm³/mol. The summed E-state index contributed by atoms with van der Waals surface area (Å²) >= 11 is 1.07. The van der Waals surface area contributed by atoms with E-state index in [1.54, 1.807) is 18.2 Å². The zero-order chi connectivity index (χ0) is 26.2. The molecule has 2 heterocycles. The zero-order valence-electron chi connectivity index (χ0n) is 19.7. The van der Waals surface area contributed by atoms with E-state index in [0.29, 0.717) is 15.8 Å². The standard InChI is InChI=1S/C28H25F4NO3S/c29-14-18-15-33(16-18)12-11-17-5-8-20(9-6-17)36-26-22-10-7-19(34)13-24(22)37-27(26)25(35)21-3-1-2-4-23(21)28(30,31)32/h1-10,13,18,25,34-35H,11-12,14-16H2. The normalized spacial score (nSPS) is 15.6. The molecule has 0 saturated carbocycles. The van der Waals surface area contributed by atoms with Crippen LogP contribution in [0.15, 0.2) is 66.7 Å². The Morgan fingerprint density at radius 1 is 1.03 bits per heavy atom. The van der Waals surface area contributed by atoms with Crippen LogP contribution in [0.2, 0.25) is 0 Å². The third-order valence-corrected chi connectivity index (χ3v) is 7.76. The van der Waals surface area contributed by atoms with Crippen molar-refractivity contribution in [2.45, 2.75) is 18.7 Å². The molecule has 37 heavy (non-hydrogen) atoms. The van der Waals surface area contributed by atoms with E-state index < -0.39 is 17.8 Å². The number of benzene rings is 3. The van der Waals surface area contributed by atoms with Gasteiger partial charge in [0.05, 0.1) is 17.1 Å². The highest BCUT2D eigenvalue weighted by atomic mass is 32.1. The third-order valence-electron chi connectivity index (χ3n) is 6.57. The quantitative estimate of drug-likeness (QED) is 0.242. The molecule has 1 aliphatic heterocycles. The summed E-state index contributed by atoms with van der Waals surface area (Å²) in [6.07, 6.45) is -5.42. The number of hydrogen-bond acceptors (Lipinski definition) is 5. The van der Waals surface area contributed by atoms with E-state index in [-0.39, 0.29) is 34.5 Å². The molecule has 0 spiro atoms. The Morgan fingerprint density at radius 2 is 1.76 bits per heavy atom. The van der Waals surface area contributed by atoms with Gasteiger partial charge in [-0.3, -0.25) is 4.39 Å². The van der Waals surface area contributed by atoms with Crippen LogP contribution < -0.4 is 4.74 Å². The van der Waals surface area contributed by atoms with Crippen LogP contribution in [0.5, 0.6) is 17.2 Å². The lowest BCUT2D eigenvalue weighted by atomic mass is 10.00. The van der Waals surface area contributed by atoms with E-state index in [1.807, 2.05) is 12.1 Å². The average Bonchev–Trinajstić information content (AvgIpc) is 3.20. The fraction of sp³-hybridized carbons (Fsp3) is 0.286. The maximum Gasteiger partial charge on any atom is 0.416 e. The Balaban J connectivity index is 1.42. The molecule has 0 radical (unpaired) electrons. The number of hydrogen-bond donors (Lipinski definition) is 2. The van der Waals surface area contributed by atoms with E-state index in [0.717, 1.165) is 49.0 Å². The van der Waals surface area contributed by atoms with Crippen LogP contribution in [-0.2, 0) is 12.6 Å². The Hall–Kier alpha value is -3.14. The van der Waals surface area contributed by atoms with Gasteiger partial charge in [0, 0.05) is 35.6 Å². The van der Waals surface area contributed by atoms with Gasteiger partial charge in [0.15, 0.2) is 5.75 Å². The number of phenols is 1. The van der Waals surface area contributed by atoms with Crippen molar-refractivity contribution in [2.75, 3.05) is 26.3 Å². The number of aromatic hydroxyl groups is 1. The number of thiophene rings is 1. The van der Waals surface area contributed by atoms with E-state index in [1.165, 1.54) is 30.3 Å². The molecule has 4 aromatic rings. The smallest absolute Gasteiger partial charge is 0.416 e. The minimum absolute atomic E-state index is 0.00132. The highest BCUT2D eigenvalue weighted by Crippen LogP contribution is 2.47. The summed E-state index contributed by atoms with van der Waals surface area (Å²) in [5.41, 5.74) is -0.111. The lowest BCUT2D eigenvalue weighted by molar-refractivity contribution is -0.139. The minimum atomic E-state index is -4.63. The summed E-state index contributed by atoms with van der Waals surface area (Å²) in [6.45, 7) is 2.12. The highest BCUT2D eigenvalue weighted by molar-refractivity contribution is 7.19. The van der Waals surface area contributed by atoms with Crippen LogP contribution in [0.4, 0.5) is 17.6 Å². The zero-order valence-corrected chi connectivity index (χ0v) is 20.5. The second-order valence-corrected chi connectivity index (χ2v) is 10.3. The van der Waals surface area contributed by atoms with Crippen LogP contribution in [-0.4, -0.2) is 41.4 Å². The van der Waals surface area contributed by atoms with Crippen molar-refractivity contribution in [3.63, 3.8) is 0 Å². The number of phenolic OH excluding ortho intramolecular Hbond substituents is 1. The van der Waals surface area contributed by atoms with Gasteiger partial charge in [0.25, 0.3) is 0 Å². The van der Waals surface area contributed by atoms with Crippen LogP contribution >= 0.6 is 11.3 Å². The van der Waals surface area contributed by atoms with Gasteiger partial charge in [-0.25, -0.2) is 0 Å². The number of alkyl halides is 4. The number of fused-ring (bicyclic) bond motifs is 1. The second kappa shape index (κ2) is 10.3. The first-order chi connectivity index (χ1) is 17.7. The molecule has 0 bridgehead atoms. The van der Waals surface area contributed by atoms with Crippen LogP contribution in [0.25, 0.3) is 10.1 Å². The molecule has 0 amide bonds. The van der Waals surface area contributed by atoms with Gasteiger partial charge in [-0.1, -0.05) is 30.3 Å². The lowest BCUT2D eigenvalue weighted by Gasteiger charge is -2.37. The van der Waals surface area contributed by atoms with Crippen LogP contribution in [0.1, 0.15) is 27.7 Å². The number of aliphatic hydroxyl groups is 1. The molecule has 4 nitrogen and oxygen atoms in total. The van der Waals surface area contributed by atoms with Crippen LogP contribution in [0.3, 0.4) is 0 Å². The Kier molecular flexibility index (Phi) is 7.11. The summed E-state index contributed by atoms with van der Waals surface area (Å²) < 4.78 is 60.3. The van der Waals surface area contributed by atoms with Gasteiger partial charge < -0.3 is 19.8 Å². The summed E-state index contributed by atoms with van der Waals surface area (Å²) in [6, 6.07) is 16.9. The molecular formula is C28H25F4NO3S. The Bertz CT molecular complexity index is 1380. The van der Waals surface area contributed by atoms with Gasteiger partial charge in [0.2, 0.25) is 0 Å². The monoisotopic (exact) mass is 531 g/mol. The first kappa shape index (κ1) is 25.5. The van der Waals surface area contributed by atoms with E-state index in [4.69, 9.17) is 4.74 Å². The maximum absolute atomic E-state index is 13.7. The van der Waals surface area contributed by atoms with Crippen molar-refractivity contribution >= 4 is 21.4 Å². The van der Waals surface area contributed by atoms with Gasteiger partial charge in [-0.15, -0.1) is 11.3 Å². The summed E-state index contributed by atoms with van der Waals surface area (Å²) in [5, 5.41) is 21.6. The highest BCUT2D eigenvalue weighted by Gasteiger charge is 2.36. The van der Waals surface area contributed by atoms with Gasteiger partial charge >= 0.3 is 6.18 Å². The molecule has 1 aliphatic rings. The van der Waals surface area contributed by atoms with E-state index >= 15 is 0 Å². The number of halogens is 4. The Labute approximate surface area is 215 Å². The van der Waals surface area contributed by atoms with Crippen molar-refractivity contribution < 1.29 is 32.5 Å².